The van der Waals surface area contributed by atoms with Crippen molar-refractivity contribution in [2.45, 2.75) is 6.04 Å². The maximum atomic E-state index is 13.0. The molecule has 1 fully saturated rings. The molecule has 0 aromatic heterocycles. The Hall–Kier alpha value is -2.53. The lowest BCUT2D eigenvalue weighted by Crippen LogP contribution is -2.49. The molecule has 132 valence electrons. The van der Waals surface area contributed by atoms with E-state index in [1.165, 1.54) is 5.56 Å². The van der Waals surface area contributed by atoms with Gasteiger partial charge in [0.2, 0.25) is 0 Å². The molecular weight excluding hydrogens is 316 g/mol. The predicted molar refractivity (Wildman–Crippen MR) is 97.3 cm³/mol. The fraction of sp³-hybridized carbons (Fsp3) is 0.350. The van der Waals surface area contributed by atoms with Crippen molar-refractivity contribution >= 4 is 5.91 Å². The summed E-state index contributed by atoms with van der Waals surface area (Å²) in [7, 11) is 5.27. The van der Waals surface area contributed by atoms with E-state index in [0.29, 0.717) is 30.2 Å². The monoisotopic (exact) mass is 340 g/mol. The molecule has 1 aliphatic rings. The van der Waals surface area contributed by atoms with Gasteiger partial charge in [0.15, 0.2) is 11.5 Å². The molecule has 25 heavy (non-hydrogen) atoms. The van der Waals surface area contributed by atoms with E-state index in [0.717, 1.165) is 6.54 Å². The van der Waals surface area contributed by atoms with Gasteiger partial charge in [-0.05, 0) is 30.8 Å². The zero-order valence-electron chi connectivity index (χ0n) is 14.9. The Bertz CT molecular complexity index is 733. The second kappa shape index (κ2) is 7.57. The number of likely N-dealkylation sites (N-methyl/N-ethyl adjacent to an activating group) is 1. The van der Waals surface area contributed by atoms with Crippen LogP contribution in [0.25, 0.3) is 0 Å². The first kappa shape index (κ1) is 17.3. The van der Waals surface area contributed by atoms with Crippen molar-refractivity contribution in [2.24, 2.45) is 0 Å². The molecule has 1 heterocycles. The number of ether oxygens (including phenoxy) is 2. The van der Waals surface area contributed by atoms with Crippen LogP contribution in [0.1, 0.15) is 22.0 Å². The van der Waals surface area contributed by atoms with E-state index in [1.54, 1.807) is 32.4 Å². The summed E-state index contributed by atoms with van der Waals surface area (Å²) in [5.74, 6) is 1.22. The second-order valence-electron chi connectivity index (χ2n) is 6.23. The number of methoxy groups -OCH3 is 2. The molecule has 1 saturated heterocycles. The number of amides is 1. The summed E-state index contributed by atoms with van der Waals surface area (Å²) >= 11 is 0. The topological polar surface area (TPSA) is 42.0 Å². The van der Waals surface area contributed by atoms with Crippen LogP contribution >= 0.6 is 0 Å². The lowest BCUT2D eigenvalue weighted by Gasteiger charge is -2.39. The first-order valence-corrected chi connectivity index (χ1v) is 8.40. The maximum Gasteiger partial charge on any atom is 0.254 e. The minimum Gasteiger partial charge on any atom is -0.493 e. The lowest BCUT2D eigenvalue weighted by molar-refractivity contribution is 0.0546. The third kappa shape index (κ3) is 3.61. The first-order chi connectivity index (χ1) is 12.1. The molecule has 0 saturated carbocycles. The number of piperazine rings is 1. The largest absolute Gasteiger partial charge is 0.493 e. The minimum atomic E-state index is 0.0231. The van der Waals surface area contributed by atoms with Gasteiger partial charge >= 0.3 is 0 Å². The Morgan fingerprint density at radius 3 is 2.40 bits per heavy atom. The van der Waals surface area contributed by atoms with Gasteiger partial charge in [-0.1, -0.05) is 30.3 Å². The van der Waals surface area contributed by atoms with E-state index in [1.807, 2.05) is 23.1 Å². The number of nitrogens with zero attached hydrogens (tertiary/aromatic N) is 2. The molecule has 1 atom stereocenters. The van der Waals surface area contributed by atoms with Crippen LogP contribution in [0.4, 0.5) is 0 Å². The Morgan fingerprint density at radius 2 is 1.72 bits per heavy atom. The number of carbonyl (C=O) groups excluding carboxylic acids is 1. The van der Waals surface area contributed by atoms with Gasteiger partial charge in [-0.25, -0.2) is 0 Å². The summed E-state index contributed by atoms with van der Waals surface area (Å²) < 4.78 is 10.6. The zero-order valence-corrected chi connectivity index (χ0v) is 14.9. The smallest absolute Gasteiger partial charge is 0.254 e. The van der Waals surface area contributed by atoms with E-state index >= 15 is 0 Å². The molecule has 0 N–H and O–H groups in total. The van der Waals surface area contributed by atoms with Crippen LogP contribution in [0.2, 0.25) is 0 Å². The summed E-state index contributed by atoms with van der Waals surface area (Å²) in [6, 6.07) is 15.8. The summed E-state index contributed by atoms with van der Waals surface area (Å²) in [5, 5.41) is 0. The number of hydrogen-bond donors (Lipinski definition) is 0. The molecule has 0 radical (unpaired) electrons. The molecule has 3 rings (SSSR count). The van der Waals surface area contributed by atoms with Crippen molar-refractivity contribution in [3.63, 3.8) is 0 Å². The van der Waals surface area contributed by atoms with Crippen molar-refractivity contribution in [3.05, 3.63) is 59.7 Å². The van der Waals surface area contributed by atoms with Crippen LogP contribution < -0.4 is 9.47 Å². The molecule has 0 spiro atoms. The molecular formula is C20H24N2O3. The van der Waals surface area contributed by atoms with Gasteiger partial charge in [0.05, 0.1) is 20.3 Å². The first-order valence-electron chi connectivity index (χ1n) is 8.40. The van der Waals surface area contributed by atoms with E-state index in [9.17, 15) is 4.79 Å². The molecule has 1 aliphatic heterocycles. The van der Waals surface area contributed by atoms with Gasteiger partial charge < -0.3 is 14.4 Å². The number of benzene rings is 2. The minimum absolute atomic E-state index is 0.0231. The molecule has 0 bridgehead atoms. The van der Waals surface area contributed by atoms with E-state index in [2.05, 4.69) is 24.1 Å². The summed E-state index contributed by atoms with van der Waals surface area (Å²) in [6.45, 7) is 2.24. The zero-order chi connectivity index (χ0) is 17.8. The van der Waals surface area contributed by atoms with E-state index in [-0.39, 0.29) is 11.9 Å². The van der Waals surface area contributed by atoms with Crippen molar-refractivity contribution in [2.75, 3.05) is 40.9 Å². The highest BCUT2D eigenvalue weighted by atomic mass is 16.5. The van der Waals surface area contributed by atoms with Crippen molar-refractivity contribution in [1.29, 1.82) is 0 Å². The average molecular weight is 340 g/mol. The molecule has 1 unspecified atom stereocenters. The van der Waals surface area contributed by atoms with Crippen LogP contribution in [0.3, 0.4) is 0 Å². The Morgan fingerprint density at radius 1 is 1.00 bits per heavy atom. The second-order valence-corrected chi connectivity index (χ2v) is 6.23. The van der Waals surface area contributed by atoms with Crippen molar-refractivity contribution in [1.82, 2.24) is 9.80 Å². The van der Waals surface area contributed by atoms with Crippen LogP contribution in [0.15, 0.2) is 48.5 Å². The summed E-state index contributed by atoms with van der Waals surface area (Å²) in [5.41, 5.74) is 1.85. The van der Waals surface area contributed by atoms with Gasteiger partial charge in [-0.3, -0.25) is 9.69 Å². The van der Waals surface area contributed by atoms with E-state index in [4.69, 9.17) is 9.47 Å². The third-order valence-corrected chi connectivity index (χ3v) is 4.75. The molecule has 5 nitrogen and oxygen atoms in total. The quantitative estimate of drug-likeness (QED) is 0.858. The lowest BCUT2D eigenvalue weighted by atomic mass is 10.0. The van der Waals surface area contributed by atoms with Crippen LogP contribution in [0, 0.1) is 0 Å². The SMILES string of the molecule is COc1ccc(C(=O)N2CCN(C)C(c3ccccc3)C2)cc1OC. The summed E-state index contributed by atoms with van der Waals surface area (Å²) in [4.78, 5) is 17.2. The van der Waals surface area contributed by atoms with Gasteiger partial charge in [0.1, 0.15) is 0 Å². The number of rotatable bonds is 4. The number of hydrogen-bond acceptors (Lipinski definition) is 4. The molecule has 2 aromatic rings. The molecule has 0 aliphatic carbocycles. The summed E-state index contributed by atoms with van der Waals surface area (Å²) in [6.07, 6.45) is 0. The molecule has 5 heteroatoms. The Kier molecular flexibility index (Phi) is 5.24. The fourth-order valence-electron chi connectivity index (χ4n) is 3.25. The normalized spacial score (nSPS) is 18.0. The Balaban J connectivity index is 1.80. The standard InChI is InChI=1S/C20H24N2O3/c1-21-11-12-22(14-17(21)15-7-5-4-6-8-15)20(23)16-9-10-18(24-2)19(13-16)25-3/h4-10,13,17H,11-12,14H2,1-3H3. The van der Waals surface area contributed by atoms with Crippen LogP contribution in [0.5, 0.6) is 11.5 Å². The Labute approximate surface area is 148 Å². The predicted octanol–water partition coefficient (Wildman–Crippen LogP) is 2.83. The highest BCUT2D eigenvalue weighted by molar-refractivity contribution is 5.95. The average Bonchev–Trinajstić information content (AvgIpc) is 2.68. The molecule has 2 aromatic carbocycles. The van der Waals surface area contributed by atoms with Gasteiger partial charge in [0.25, 0.3) is 5.91 Å². The molecule has 1 amide bonds. The van der Waals surface area contributed by atoms with Gasteiger partial charge in [0, 0.05) is 25.2 Å². The van der Waals surface area contributed by atoms with Crippen molar-refractivity contribution < 1.29 is 14.3 Å². The van der Waals surface area contributed by atoms with Crippen LogP contribution in [-0.2, 0) is 0 Å². The van der Waals surface area contributed by atoms with Gasteiger partial charge in [-0.15, -0.1) is 0 Å². The van der Waals surface area contributed by atoms with Crippen LogP contribution in [-0.4, -0.2) is 56.6 Å². The van der Waals surface area contributed by atoms with Gasteiger partial charge in [-0.2, -0.15) is 0 Å². The van der Waals surface area contributed by atoms with E-state index < -0.39 is 0 Å². The highest BCUT2D eigenvalue weighted by Crippen LogP contribution is 2.29. The highest BCUT2D eigenvalue weighted by Gasteiger charge is 2.29. The third-order valence-electron chi connectivity index (χ3n) is 4.75. The van der Waals surface area contributed by atoms with Crippen molar-refractivity contribution in [3.8, 4) is 11.5 Å². The number of carbonyl (C=O) groups is 1. The maximum absolute atomic E-state index is 13.0. The fourth-order valence-corrected chi connectivity index (χ4v) is 3.25.